The maximum atomic E-state index is 7.32. The van der Waals surface area contributed by atoms with E-state index in [0.29, 0.717) is 0 Å². The molecule has 0 aliphatic rings. The molecule has 0 saturated heterocycles. The third-order valence-corrected chi connectivity index (χ3v) is 8.37. The molecular formula is C38H62O. The van der Waals surface area contributed by atoms with Gasteiger partial charge >= 0.3 is 0 Å². The Kier molecular flexibility index (Phi) is 19.1. The second-order valence-electron chi connectivity index (χ2n) is 11.8. The van der Waals surface area contributed by atoms with Crippen molar-refractivity contribution in [2.45, 2.75) is 168 Å². The Balaban J connectivity index is 2.27. The summed E-state index contributed by atoms with van der Waals surface area (Å²) in [5.41, 5.74) is 5.93. The zero-order chi connectivity index (χ0) is 28.0. The SMILES string of the molecule is CCCCCCCCC(OC(CCCCCCCC)c1ccccc1CCCC)c1ccccc1CCCC. The van der Waals surface area contributed by atoms with Crippen LogP contribution in [0.4, 0.5) is 0 Å². The van der Waals surface area contributed by atoms with Crippen LogP contribution >= 0.6 is 0 Å². The predicted octanol–water partition coefficient (Wildman–Crippen LogP) is 12.7. The highest BCUT2D eigenvalue weighted by atomic mass is 16.5. The van der Waals surface area contributed by atoms with Gasteiger partial charge in [0.1, 0.15) is 0 Å². The molecule has 2 aromatic rings. The molecule has 2 aromatic carbocycles. The fourth-order valence-corrected chi connectivity index (χ4v) is 5.90. The van der Waals surface area contributed by atoms with Crippen LogP contribution < -0.4 is 0 Å². The van der Waals surface area contributed by atoms with Crippen LogP contribution in [-0.4, -0.2) is 0 Å². The number of benzene rings is 2. The molecule has 0 fully saturated rings. The van der Waals surface area contributed by atoms with Crippen LogP contribution in [0.5, 0.6) is 0 Å². The van der Waals surface area contributed by atoms with Crippen molar-refractivity contribution in [2.24, 2.45) is 0 Å². The lowest BCUT2D eigenvalue weighted by atomic mass is 9.92. The summed E-state index contributed by atoms with van der Waals surface area (Å²) in [4.78, 5) is 0. The van der Waals surface area contributed by atoms with Gasteiger partial charge in [-0.05, 0) is 60.8 Å². The molecule has 2 atom stereocenters. The van der Waals surface area contributed by atoms with Gasteiger partial charge < -0.3 is 4.74 Å². The Morgan fingerprint density at radius 1 is 0.436 bits per heavy atom. The van der Waals surface area contributed by atoms with E-state index in [2.05, 4.69) is 76.2 Å². The van der Waals surface area contributed by atoms with Gasteiger partial charge in [-0.1, -0.05) is 166 Å². The Morgan fingerprint density at radius 2 is 0.795 bits per heavy atom. The molecule has 0 heterocycles. The Bertz CT molecular complexity index is 771. The minimum Gasteiger partial charge on any atom is -0.366 e. The maximum absolute atomic E-state index is 7.32. The number of unbranched alkanes of at least 4 members (excludes halogenated alkanes) is 12. The molecule has 1 heteroatoms. The summed E-state index contributed by atoms with van der Waals surface area (Å²) in [6, 6.07) is 18.4. The van der Waals surface area contributed by atoms with Crippen molar-refractivity contribution in [3.05, 3.63) is 70.8 Å². The van der Waals surface area contributed by atoms with E-state index in [0.717, 1.165) is 25.7 Å². The van der Waals surface area contributed by atoms with Gasteiger partial charge in [0.2, 0.25) is 0 Å². The van der Waals surface area contributed by atoms with Crippen LogP contribution in [0, 0.1) is 0 Å². The molecule has 1 nitrogen and oxygen atoms in total. The first-order valence-electron chi connectivity index (χ1n) is 17.1. The van der Waals surface area contributed by atoms with Gasteiger partial charge in [0, 0.05) is 0 Å². The third kappa shape index (κ3) is 13.5. The molecular weight excluding hydrogens is 472 g/mol. The van der Waals surface area contributed by atoms with Crippen LogP contribution in [0.3, 0.4) is 0 Å². The quantitative estimate of drug-likeness (QED) is 0.122. The van der Waals surface area contributed by atoms with E-state index in [1.807, 2.05) is 0 Å². The fraction of sp³-hybridized carbons (Fsp3) is 0.684. The summed E-state index contributed by atoms with van der Waals surface area (Å²) in [6.45, 7) is 9.21. The fourth-order valence-electron chi connectivity index (χ4n) is 5.90. The lowest BCUT2D eigenvalue weighted by Crippen LogP contribution is -2.14. The normalized spacial score (nSPS) is 13.0. The van der Waals surface area contributed by atoms with Gasteiger partial charge in [0.05, 0.1) is 12.2 Å². The second kappa shape index (κ2) is 22.1. The molecule has 0 saturated carbocycles. The lowest BCUT2D eigenvalue weighted by molar-refractivity contribution is -0.0272. The van der Waals surface area contributed by atoms with E-state index < -0.39 is 0 Å². The standard InChI is InChI=1S/C38H62O/c1-5-9-13-15-17-19-31-37(35-29-23-21-27-33(35)25-11-7-3)39-38(32-20-18-16-14-10-6-2)36-30-24-22-28-34(36)26-12-8-4/h21-24,27-30,37-38H,5-20,25-26,31-32H2,1-4H3. The predicted molar refractivity (Wildman–Crippen MR) is 173 cm³/mol. The van der Waals surface area contributed by atoms with E-state index in [1.54, 1.807) is 0 Å². The molecule has 0 aromatic heterocycles. The van der Waals surface area contributed by atoms with Crippen LogP contribution in [0.2, 0.25) is 0 Å². The zero-order valence-corrected chi connectivity index (χ0v) is 26.3. The minimum atomic E-state index is 0.188. The van der Waals surface area contributed by atoms with E-state index in [9.17, 15) is 0 Å². The molecule has 0 bridgehead atoms. The molecule has 2 unspecified atom stereocenters. The highest BCUT2D eigenvalue weighted by molar-refractivity contribution is 5.32. The topological polar surface area (TPSA) is 9.23 Å². The Hall–Kier alpha value is -1.60. The van der Waals surface area contributed by atoms with Gasteiger partial charge in [-0.2, -0.15) is 0 Å². The van der Waals surface area contributed by atoms with Crippen molar-refractivity contribution < 1.29 is 4.74 Å². The first-order chi connectivity index (χ1) is 19.2. The smallest absolute Gasteiger partial charge is 0.0836 e. The Labute approximate surface area is 243 Å². The molecule has 0 amide bonds. The summed E-state index contributed by atoms with van der Waals surface area (Å²) >= 11 is 0. The van der Waals surface area contributed by atoms with Crippen LogP contribution in [-0.2, 0) is 17.6 Å². The minimum absolute atomic E-state index is 0.188. The van der Waals surface area contributed by atoms with Crippen molar-refractivity contribution in [1.29, 1.82) is 0 Å². The number of ether oxygens (including phenoxy) is 1. The van der Waals surface area contributed by atoms with Crippen molar-refractivity contribution in [3.8, 4) is 0 Å². The average Bonchev–Trinajstić information content (AvgIpc) is 2.97. The average molecular weight is 535 g/mol. The van der Waals surface area contributed by atoms with Crippen molar-refractivity contribution in [2.75, 3.05) is 0 Å². The van der Waals surface area contributed by atoms with E-state index in [4.69, 9.17) is 4.74 Å². The van der Waals surface area contributed by atoms with Gasteiger partial charge in [0.25, 0.3) is 0 Å². The van der Waals surface area contributed by atoms with Crippen molar-refractivity contribution in [1.82, 2.24) is 0 Å². The van der Waals surface area contributed by atoms with Crippen LogP contribution in [0.1, 0.15) is 178 Å². The summed E-state index contributed by atoms with van der Waals surface area (Å²) < 4.78 is 7.32. The molecule has 39 heavy (non-hydrogen) atoms. The summed E-state index contributed by atoms with van der Waals surface area (Å²) in [5.74, 6) is 0. The van der Waals surface area contributed by atoms with Crippen LogP contribution in [0.25, 0.3) is 0 Å². The molecule has 0 N–H and O–H groups in total. The Morgan fingerprint density at radius 3 is 1.21 bits per heavy atom. The van der Waals surface area contributed by atoms with Gasteiger partial charge in [0.15, 0.2) is 0 Å². The zero-order valence-electron chi connectivity index (χ0n) is 26.3. The lowest BCUT2D eigenvalue weighted by Gasteiger charge is -2.29. The number of hydrogen-bond acceptors (Lipinski definition) is 1. The van der Waals surface area contributed by atoms with Gasteiger partial charge in [-0.15, -0.1) is 0 Å². The van der Waals surface area contributed by atoms with Gasteiger partial charge in [-0.3, -0.25) is 0 Å². The number of aryl methyl sites for hydroxylation is 2. The first-order valence-corrected chi connectivity index (χ1v) is 17.1. The monoisotopic (exact) mass is 534 g/mol. The van der Waals surface area contributed by atoms with Crippen molar-refractivity contribution in [3.63, 3.8) is 0 Å². The second-order valence-corrected chi connectivity index (χ2v) is 11.8. The number of rotatable bonds is 24. The molecule has 0 aliphatic carbocycles. The number of hydrogen-bond donors (Lipinski definition) is 0. The molecule has 220 valence electrons. The highest BCUT2D eigenvalue weighted by Gasteiger charge is 2.23. The summed E-state index contributed by atoms with van der Waals surface area (Å²) in [7, 11) is 0. The summed E-state index contributed by atoms with van der Waals surface area (Å²) in [5, 5.41) is 0. The van der Waals surface area contributed by atoms with E-state index >= 15 is 0 Å². The maximum Gasteiger partial charge on any atom is 0.0836 e. The van der Waals surface area contributed by atoms with E-state index in [-0.39, 0.29) is 12.2 Å². The first kappa shape index (κ1) is 33.6. The highest BCUT2D eigenvalue weighted by Crippen LogP contribution is 2.37. The molecule has 0 radical (unpaired) electrons. The molecule has 2 rings (SSSR count). The van der Waals surface area contributed by atoms with Crippen LogP contribution in [0.15, 0.2) is 48.5 Å². The van der Waals surface area contributed by atoms with Crippen molar-refractivity contribution >= 4 is 0 Å². The third-order valence-electron chi connectivity index (χ3n) is 8.37. The molecule has 0 aliphatic heterocycles. The van der Waals surface area contributed by atoms with Gasteiger partial charge in [-0.25, -0.2) is 0 Å². The van der Waals surface area contributed by atoms with E-state index in [1.165, 1.54) is 125 Å². The largest absolute Gasteiger partial charge is 0.366 e. The summed E-state index contributed by atoms with van der Waals surface area (Å²) in [6.07, 6.45) is 26.0. The molecule has 0 spiro atoms.